The molecule has 0 radical (unpaired) electrons. The molecule has 0 spiro atoms. The lowest BCUT2D eigenvalue weighted by Gasteiger charge is -2.14. The molecule has 62 heavy (non-hydrogen) atoms. The third kappa shape index (κ3) is 26.0. The lowest BCUT2D eigenvalue weighted by atomic mass is 9.98. The second-order valence-corrected chi connectivity index (χ2v) is 13.6. The summed E-state index contributed by atoms with van der Waals surface area (Å²) in [5, 5.41) is 13.9. The second-order valence-electron chi connectivity index (χ2n) is 13.6. The Kier molecular flexibility index (Phi) is 31.1. The van der Waals surface area contributed by atoms with Gasteiger partial charge < -0.3 is 72.6 Å². The van der Waals surface area contributed by atoms with Gasteiger partial charge in [-0.05, 0) is 28.7 Å². The highest BCUT2D eigenvalue weighted by Crippen LogP contribution is 2.44. The van der Waals surface area contributed by atoms with E-state index in [0.29, 0.717) is 165 Å². The summed E-state index contributed by atoms with van der Waals surface area (Å²) < 4.78 is 65.9. The van der Waals surface area contributed by atoms with Gasteiger partial charge in [-0.2, -0.15) is 0 Å². The summed E-state index contributed by atoms with van der Waals surface area (Å²) in [7, 11) is 0. The van der Waals surface area contributed by atoms with Crippen molar-refractivity contribution in [2.75, 3.05) is 165 Å². The summed E-state index contributed by atoms with van der Waals surface area (Å²) >= 11 is 0. The molecule has 0 fully saturated rings. The van der Waals surface area contributed by atoms with Gasteiger partial charge in [-0.15, -0.1) is 0 Å². The fourth-order valence-corrected chi connectivity index (χ4v) is 5.89. The van der Waals surface area contributed by atoms with Crippen LogP contribution in [0.15, 0.2) is 48.5 Å². The van der Waals surface area contributed by atoms with Crippen LogP contribution < -0.4 is 10.6 Å². The van der Waals surface area contributed by atoms with E-state index in [1.165, 1.54) is 22.3 Å². The maximum Gasteiger partial charge on any atom is 0.407 e. The first kappa shape index (κ1) is 52.6. The molecule has 1 aliphatic rings. The third-order valence-electron chi connectivity index (χ3n) is 8.93. The van der Waals surface area contributed by atoms with Crippen LogP contribution in [0.4, 0.5) is 4.79 Å². The highest BCUT2D eigenvalue weighted by atomic mass is 16.6. The Bertz CT molecular complexity index is 1410. The molecule has 3 rings (SSSR count). The van der Waals surface area contributed by atoms with E-state index in [0.717, 1.165) is 0 Å². The van der Waals surface area contributed by atoms with E-state index in [1.54, 1.807) is 0 Å². The molecule has 2 amide bonds. The van der Waals surface area contributed by atoms with E-state index in [-0.39, 0.29) is 31.3 Å². The molecule has 2 aromatic rings. The van der Waals surface area contributed by atoms with E-state index in [1.807, 2.05) is 24.3 Å². The van der Waals surface area contributed by atoms with Gasteiger partial charge in [0.1, 0.15) is 6.61 Å². The molecule has 350 valence electrons. The standard InChI is InChI=1S/C44H68N2O16/c47-42(10-11-43(48)49)45-12-5-14-51-16-18-53-20-22-55-24-26-57-28-30-59-32-34-61-35-33-60-31-29-58-27-25-56-23-21-54-19-17-52-15-13-46-44(50)62-36-41-39-8-3-1-6-37(39)38-7-2-4-9-40(38)41/h1-4,6-9,41H,5,10-36H2,(H,45,47)(H,46,50)(H,48,49). The molecule has 0 saturated heterocycles. The smallest absolute Gasteiger partial charge is 0.407 e. The number of carboxylic acid groups (broad SMARTS) is 1. The first-order valence-electron chi connectivity index (χ1n) is 21.5. The fraction of sp³-hybridized carbons (Fsp3) is 0.659. The van der Waals surface area contributed by atoms with Gasteiger partial charge in [-0.25, -0.2) is 4.79 Å². The van der Waals surface area contributed by atoms with Crippen LogP contribution in [0.25, 0.3) is 11.1 Å². The van der Waals surface area contributed by atoms with Crippen LogP contribution in [0.1, 0.15) is 36.3 Å². The van der Waals surface area contributed by atoms with Crippen LogP contribution >= 0.6 is 0 Å². The topological polar surface area (TPSA) is 206 Å². The molecule has 0 unspecified atom stereocenters. The van der Waals surface area contributed by atoms with E-state index >= 15 is 0 Å². The zero-order valence-corrected chi connectivity index (χ0v) is 36.1. The van der Waals surface area contributed by atoms with Gasteiger partial charge >= 0.3 is 12.1 Å². The Labute approximate surface area is 365 Å². The SMILES string of the molecule is O=C(O)CCC(=O)NCCCOCCOCCOCCOCCOCCOCCOCCOCCOCCOCCOCCNC(=O)OCC1c2ccccc2-c2ccccc21. The lowest BCUT2D eigenvalue weighted by molar-refractivity contribution is -0.138. The Morgan fingerprint density at radius 3 is 1.18 bits per heavy atom. The molecule has 0 atom stereocenters. The van der Waals surface area contributed by atoms with Gasteiger partial charge in [-0.3, -0.25) is 9.59 Å². The maximum absolute atomic E-state index is 12.3. The number of ether oxygens (including phenoxy) is 12. The number of amides is 2. The van der Waals surface area contributed by atoms with Crippen molar-refractivity contribution < 1.29 is 76.3 Å². The number of alkyl carbamates (subject to hydrolysis) is 1. The number of hydrogen-bond donors (Lipinski definition) is 3. The van der Waals surface area contributed by atoms with Gasteiger partial charge in [0.05, 0.1) is 145 Å². The molecule has 3 N–H and O–H groups in total. The van der Waals surface area contributed by atoms with Crippen molar-refractivity contribution in [1.82, 2.24) is 10.6 Å². The van der Waals surface area contributed by atoms with Gasteiger partial charge in [0, 0.05) is 32.0 Å². The number of hydrogen-bond acceptors (Lipinski definition) is 15. The molecule has 0 aliphatic heterocycles. The molecular formula is C44H68N2O16. The summed E-state index contributed by atoms with van der Waals surface area (Å²) in [6.07, 6.45) is 0.000458. The van der Waals surface area contributed by atoms with E-state index in [4.69, 9.17) is 61.9 Å². The number of rotatable bonds is 42. The molecule has 0 aromatic heterocycles. The summed E-state index contributed by atoms with van der Waals surface area (Å²) in [5.74, 6) is -1.23. The van der Waals surface area contributed by atoms with Gasteiger partial charge in [0.15, 0.2) is 0 Å². The zero-order valence-electron chi connectivity index (χ0n) is 36.1. The number of benzene rings is 2. The summed E-state index contributed by atoms with van der Waals surface area (Å²) in [4.78, 5) is 34.1. The highest BCUT2D eigenvalue weighted by molar-refractivity contribution is 5.80. The molecule has 2 aromatic carbocycles. The van der Waals surface area contributed by atoms with Gasteiger partial charge in [-0.1, -0.05) is 48.5 Å². The summed E-state index contributed by atoms with van der Waals surface area (Å²) in [6, 6.07) is 16.5. The average Bonchev–Trinajstić information content (AvgIpc) is 3.60. The third-order valence-corrected chi connectivity index (χ3v) is 8.93. The predicted octanol–water partition coefficient (Wildman–Crippen LogP) is 3.08. The molecule has 0 heterocycles. The Morgan fingerprint density at radius 2 is 0.790 bits per heavy atom. The number of aliphatic carboxylic acids is 1. The summed E-state index contributed by atoms with van der Waals surface area (Å²) in [6.45, 7) is 11.1. The maximum atomic E-state index is 12.3. The minimum Gasteiger partial charge on any atom is -0.481 e. The van der Waals surface area contributed by atoms with E-state index < -0.39 is 12.1 Å². The normalized spacial score (nSPS) is 12.0. The van der Waals surface area contributed by atoms with Crippen LogP contribution in [0.2, 0.25) is 0 Å². The quantitative estimate of drug-likeness (QED) is 0.0820. The minimum absolute atomic E-state index is 0.0156. The van der Waals surface area contributed by atoms with E-state index in [9.17, 15) is 14.4 Å². The summed E-state index contributed by atoms with van der Waals surface area (Å²) in [5.41, 5.74) is 4.75. The second kappa shape index (κ2) is 36.7. The molecule has 18 nitrogen and oxygen atoms in total. The van der Waals surface area contributed by atoms with Crippen molar-refractivity contribution in [3.63, 3.8) is 0 Å². The molecule has 18 heteroatoms. The largest absolute Gasteiger partial charge is 0.481 e. The van der Waals surface area contributed by atoms with Crippen LogP contribution in [0.5, 0.6) is 0 Å². The predicted molar refractivity (Wildman–Crippen MR) is 227 cm³/mol. The number of fused-ring (bicyclic) bond motifs is 3. The van der Waals surface area contributed by atoms with Crippen molar-refractivity contribution in [2.24, 2.45) is 0 Å². The van der Waals surface area contributed by atoms with Crippen LogP contribution in [0, 0.1) is 0 Å². The van der Waals surface area contributed by atoms with E-state index in [2.05, 4.69) is 34.9 Å². The average molecular weight is 881 g/mol. The first-order valence-corrected chi connectivity index (χ1v) is 21.5. The van der Waals surface area contributed by atoms with Gasteiger partial charge in [0.2, 0.25) is 5.91 Å². The van der Waals surface area contributed by atoms with Crippen molar-refractivity contribution in [3.05, 3.63) is 59.7 Å². The van der Waals surface area contributed by atoms with Gasteiger partial charge in [0.25, 0.3) is 0 Å². The Balaban J connectivity index is 0.919. The Hall–Kier alpha value is -3.79. The van der Waals surface area contributed by atoms with Crippen LogP contribution in [0.3, 0.4) is 0 Å². The molecular weight excluding hydrogens is 812 g/mol. The monoisotopic (exact) mass is 880 g/mol. The zero-order chi connectivity index (χ0) is 44.0. The molecule has 0 bridgehead atoms. The number of carboxylic acids is 1. The number of carbonyl (C=O) groups excluding carboxylic acids is 2. The molecule has 0 saturated carbocycles. The van der Waals surface area contributed by atoms with Crippen molar-refractivity contribution in [1.29, 1.82) is 0 Å². The molecule has 1 aliphatic carbocycles. The lowest BCUT2D eigenvalue weighted by Crippen LogP contribution is -2.29. The fourth-order valence-electron chi connectivity index (χ4n) is 5.89. The highest BCUT2D eigenvalue weighted by Gasteiger charge is 2.29. The first-order chi connectivity index (χ1) is 30.6. The van der Waals surface area contributed by atoms with Crippen LogP contribution in [-0.4, -0.2) is 188 Å². The van der Waals surface area contributed by atoms with Crippen LogP contribution in [-0.2, 0) is 66.4 Å². The minimum atomic E-state index is -0.987. The van der Waals surface area contributed by atoms with Crippen molar-refractivity contribution in [2.45, 2.75) is 25.2 Å². The van der Waals surface area contributed by atoms with Crippen molar-refractivity contribution >= 4 is 18.0 Å². The Morgan fingerprint density at radius 1 is 0.435 bits per heavy atom. The number of carbonyl (C=O) groups is 3. The number of nitrogens with one attached hydrogen (secondary N) is 2. The van der Waals surface area contributed by atoms with Crippen molar-refractivity contribution in [3.8, 4) is 11.1 Å².